The maximum atomic E-state index is 6.08. The van der Waals surface area contributed by atoms with Gasteiger partial charge < -0.3 is 9.32 Å². The van der Waals surface area contributed by atoms with Crippen LogP contribution in [-0.2, 0) is 13.1 Å². The van der Waals surface area contributed by atoms with E-state index in [-0.39, 0.29) is 0 Å². The Hall–Kier alpha value is -2.78. The molecule has 136 valence electrons. The lowest BCUT2D eigenvalue weighted by Crippen LogP contribution is -2.42. The highest BCUT2D eigenvalue weighted by atomic mass is 16.3. The average molecular weight is 356 g/mol. The van der Waals surface area contributed by atoms with Crippen LogP contribution < -0.4 is 4.90 Å². The van der Waals surface area contributed by atoms with E-state index in [1.54, 1.807) is 0 Å². The van der Waals surface area contributed by atoms with Crippen LogP contribution in [0.4, 0.5) is 5.69 Å². The van der Waals surface area contributed by atoms with Gasteiger partial charge in [0.2, 0.25) is 0 Å². The SMILES string of the molecule is Cc1cc2oc3ccccc3c2cc1N1Cc2ccccc2CN(C)[C@@H]1C. The van der Waals surface area contributed by atoms with Crippen LogP contribution in [0, 0.1) is 6.92 Å². The van der Waals surface area contributed by atoms with Gasteiger partial charge in [-0.3, -0.25) is 4.90 Å². The predicted octanol–water partition coefficient (Wildman–Crippen LogP) is 5.69. The van der Waals surface area contributed by atoms with E-state index < -0.39 is 0 Å². The van der Waals surface area contributed by atoms with Gasteiger partial charge in [0.1, 0.15) is 11.2 Å². The fourth-order valence-corrected chi connectivity index (χ4v) is 4.28. The number of benzene rings is 3. The summed E-state index contributed by atoms with van der Waals surface area (Å²) >= 11 is 0. The Labute approximate surface area is 159 Å². The smallest absolute Gasteiger partial charge is 0.135 e. The number of fused-ring (bicyclic) bond motifs is 4. The van der Waals surface area contributed by atoms with Gasteiger partial charge in [0, 0.05) is 29.5 Å². The molecule has 0 bridgehead atoms. The molecule has 1 aromatic heterocycles. The van der Waals surface area contributed by atoms with Crippen molar-refractivity contribution in [2.24, 2.45) is 0 Å². The third-order valence-corrected chi connectivity index (χ3v) is 5.97. The Morgan fingerprint density at radius 1 is 0.852 bits per heavy atom. The number of para-hydroxylation sites is 1. The second-order valence-corrected chi connectivity index (χ2v) is 7.68. The standard InChI is InChI=1S/C24H24N2O/c1-16-12-24-21(20-10-6-7-11-23(20)27-24)13-22(16)26-15-19-9-5-4-8-18(19)14-25(3)17(26)2/h4-13,17H,14-15H2,1-3H3/t17-/m0/s1. The highest BCUT2D eigenvalue weighted by Crippen LogP contribution is 2.36. The van der Waals surface area contributed by atoms with E-state index in [0.29, 0.717) is 6.17 Å². The van der Waals surface area contributed by atoms with Crippen molar-refractivity contribution in [1.82, 2.24) is 4.90 Å². The van der Waals surface area contributed by atoms with Crippen molar-refractivity contribution in [3.05, 3.63) is 77.4 Å². The third kappa shape index (κ3) is 2.62. The first-order chi connectivity index (χ1) is 13.1. The van der Waals surface area contributed by atoms with Crippen LogP contribution in [-0.4, -0.2) is 18.1 Å². The van der Waals surface area contributed by atoms with Crippen molar-refractivity contribution >= 4 is 27.6 Å². The molecule has 3 nitrogen and oxygen atoms in total. The molecule has 5 rings (SSSR count). The maximum Gasteiger partial charge on any atom is 0.135 e. The molecular weight excluding hydrogens is 332 g/mol. The van der Waals surface area contributed by atoms with Gasteiger partial charge in [0.05, 0.1) is 6.17 Å². The fraction of sp³-hybridized carbons (Fsp3) is 0.250. The van der Waals surface area contributed by atoms with Crippen molar-refractivity contribution in [1.29, 1.82) is 0 Å². The Balaban J connectivity index is 1.69. The topological polar surface area (TPSA) is 19.6 Å². The molecule has 0 saturated carbocycles. The minimum Gasteiger partial charge on any atom is -0.456 e. The van der Waals surface area contributed by atoms with E-state index in [1.165, 1.54) is 33.2 Å². The number of aryl methyl sites for hydroxylation is 1. The molecule has 27 heavy (non-hydrogen) atoms. The third-order valence-electron chi connectivity index (χ3n) is 5.97. The zero-order valence-corrected chi connectivity index (χ0v) is 16.1. The monoisotopic (exact) mass is 356 g/mol. The van der Waals surface area contributed by atoms with Gasteiger partial charge in [-0.15, -0.1) is 0 Å². The molecule has 3 aromatic carbocycles. The summed E-state index contributed by atoms with van der Waals surface area (Å²) in [6.45, 7) is 6.38. The molecule has 0 N–H and O–H groups in total. The summed E-state index contributed by atoms with van der Waals surface area (Å²) in [7, 11) is 2.21. The minimum atomic E-state index is 0.312. The second-order valence-electron chi connectivity index (χ2n) is 7.68. The van der Waals surface area contributed by atoms with Crippen molar-refractivity contribution in [3.8, 4) is 0 Å². The number of furan rings is 1. The quantitative estimate of drug-likeness (QED) is 0.437. The molecule has 4 aromatic rings. The molecule has 1 aliphatic heterocycles. The lowest BCUT2D eigenvalue weighted by Gasteiger charge is -2.35. The highest BCUT2D eigenvalue weighted by molar-refractivity contribution is 6.06. The fourth-order valence-electron chi connectivity index (χ4n) is 4.28. The summed E-state index contributed by atoms with van der Waals surface area (Å²) in [6, 6.07) is 21.6. The molecule has 2 heterocycles. The van der Waals surface area contributed by atoms with Gasteiger partial charge in [0.25, 0.3) is 0 Å². The Morgan fingerprint density at radius 2 is 1.56 bits per heavy atom. The van der Waals surface area contributed by atoms with Crippen molar-refractivity contribution in [3.63, 3.8) is 0 Å². The predicted molar refractivity (Wildman–Crippen MR) is 112 cm³/mol. The average Bonchev–Trinajstić information content (AvgIpc) is 2.97. The number of nitrogens with zero attached hydrogens (tertiary/aromatic N) is 2. The Bertz CT molecular complexity index is 1140. The van der Waals surface area contributed by atoms with Gasteiger partial charge in [0.15, 0.2) is 0 Å². The van der Waals surface area contributed by atoms with Crippen molar-refractivity contribution < 1.29 is 4.42 Å². The largest absolute Gasteiger partial charge is 0.456 e. The van der Waals surface area contributed by atoms with Gasteiger partial charge in [-0.1, -0.05) is 42.5 Å². The number of hydrogen-bond donors (Lipinski definition) is 0. The first-order valence-electron chi connectivity index (χ1n) is 9.57. The van der Waals surface area contributed by atoms with E-state index in [0.717, 1.165) is 24.3 Å². The zero-order chi connectivity index (χ0) is 18.5. The van der Waals surface area contributed by atoms with Crippen LogP contribution in [0.25, 0.3) is 21.9 Å². The molecule has 0 spiro atoms. The minimum absolute atomic E-state index is 0.312. The Morgan fingerprint density at radius 3 is 2.37 bits per heavy atom. The maximum absolute atomic E-state index is 6.08. The van der Waals surface area contributed by atoms with E-state index >= 15 is 0 Å². The summed E-state index contributed by atoms with van der Waals surface area (Å²) in [5.41, 5.74) is 7.28. The molecular formula is C24H24N2O. The van der Waals surface area contributed by atoms with Crippen LogP contribution in [0.2, 0.25) is 0 Å². The molecule has 0 fully saturated rings. The van der Waals surface area contributed by atoms with Gasteiger partial charge in [-0.05, 0) is 55.8 Å². The van der Waals surface area contributed by atoms with E-state index in [1.807, 2.05) is 12.1 Å². The summed E-state index contributed by atoms with van der Waals surface area (Å²) in [4.78, 5) is 4.94. The van der Waals surface area contributed by atoms with Crippen LogP contribution >= 0.6 is 0 Å². The van der Waals surface area contributed by atoms with E-state index in [4.69, 9.17) is 4.42 Å². The molecule has 0 aliphatic carbocycles. The molecule has 0 amide bonds. The molecule has 3 heteroatoms. The van der Waals surface area contributed by atoms with Crippen LogP contribution in [0.3, 0.4) is 0 Å². The second kappa shape index (κ2) is 6.14. The molecule has 0 saturated heterocycles. The summed E-state index contributed by atoms with van der Waals surface area (Å²) in [5, 5.41) is 2.38. The molecule has 0 radical (unpaired) electrons. The van der Waals surface area contributed by atoms with Gasteiger partial charge in [-0.2, -0.15) is 0 Å². The van der Waals surface area contributed by atoms with E-state index in [2.05, 4.69) is 79.2 Å². The van der Waals surface area contributed by atoms with Crippen LogP contribution in [0.5, 0.6) is 0 Å². The molecule has 1 atom stereocenters. The summed E-state index contributed by atoms with van der Waals surface area (Å²) in [5.74, 6) is 0. The normalized spacial score (nSPS) is 18.0. The lowest BCUT2D eigenvalue weighted by molar-refractivity contribution is 0.248. The summed E-state index contributed by atoms with van der Waals surface area (Å²) in [6.07, 6.45) is 0.312. The molecule has 1 aliphatic rings. The van der Waals surface area contributed by atoms with Crippen molar-refractivity contribution in [2.45, 2.75) is 33.1 Å². The van der Waals surface area contributed by atoms with E-state index in [9.17, 15) is 0 Å². The Kier molecular flexibility index (Phi) is 3.73. The van der Waals surface area contributed by atoms with Crippen LogP contribution in [0.15, 0.2) is 65.1 Å². The number of rotatable bonds is 1. The number of anilines is 1. The van der Waals surface area contributed by atoms with Crippen molar-refractivity contribution in [2.75, 3.05) is 11.9 Å². The summed E-state index contributed by atoms with van der Waals surface area (Å²) < 4.78 is 6.08. The van der Waals surface area contributed by atoms with Crippen LogP contribution in [0.1, 0.15) is 23.6 Å². The number of hydrogen-bond acceptors (Lipinski definition) is 3. The van der Waals surface area contributed by atoms with Gasteiger partial charge >= 0.3 is 0 Å². The first kappa shape index (κ1) is 16.4. The lowest BCUT2D eigenvalue weighted by atomic mass is 10.1. The highest BCUT2D eigenvalue weighted by Gasteiger charge is 2.26. The zero-order valence-electron chi connectivity index (χ0n) is 16.1. The first-order valence-corrected chi connectivity index (χ1v) is 9.57. The van der Waals surface area contributed by atoms with Gasteiger partial charge in [-0.25, -0.2) is 0 Å². The molecule has 0 unspecified atom stereocenters.